The first-order chi connectivity index (χ1) is 3.29. The average Bonchev–Trinajstić information content (AvgIpc) is 1.87. The summed E-state index contributed by atoms with van der Waals surface area (Å²) in [7, 11) is -1.06. The minimum Gasteiger partial charge on any atom is -0.327 e. The minimum absolute atomic E-state index is 0.756. The monoisotopic (exact) mass is 118 g/mol. The highest BCUT2D eigenvalue weighted by atomic mass is 31.1. The van der Waals surface area contributed by atoms with Gasteiger partial charge in [-0.05, 0) is 18.5 Å². The highest BCUT2D eigenvalue weighted by Crippen LogP contribution is 2.34. The van der Waals surface area contributed by atoms with Crippen molar-refractivity contribution in [2.45, 2.75) is 13.3 Å². The van der Waals surface area contributed by atoms with Crippen molar-refractivity contribution >= 4 is 7.80 Å². The van der Waals surface area contributed by atoms with E-state index in [9.17, 15) is 4.57 Å². The highest BCUT2D eigenvalue weighted by Gasteiger charge is 2.15. The fraction of sp³-hybridized carbons (Fsp3) is 1.00. The van der Waals surface area contributed by atoms with Gasteiger partial charge >= 0.3 is 0 Å². The van der Waals surface area contributed by atoms with Gasteiger partial charge in [-0.25, -0.2) is 0 Å². The molecule has 0 aromatic carbocycles. The summed E-state index contributed by atoms with van der Waals surface area (Å²) in [5, 5.41) is 0. The summed E-state index contributed by atoms with van der Waals surface area (Å²) >= 11 is 0. The second-order valence-electron chi connectivity index (χ2n) is 2.39. The molecule has 0 bridgehead atoms. The van der Waals surface area contributed by atoms with Gasteiger partial charge in [-0.1, -0.05) is 6.92 Å². The maximum absolute atomic E-state index is 10.6. The van der Waals surface area contributed by atoms with Crippen molar-refractivity contribution in [3.8, 4) is 0 Å². The molecule has 0 amide bonds. The predicted octanol–water partition coefficient (Wildman–Crippen LogP) is 1.59. The number of hydrogen-bond acceptors (Lipinski definition) is 1. The summed E-state index contributed by atoms with van der Waals surface area (Å²) in [6, 6.07) is 0. The normalized spacial score (nSPS) is 41.9. The molecule has 0 radical (unpaired) electrons. The molecule has 0 saturated carbocycles. The van der Waals surface area contributed by atoms with Gasteiger partial charge in [0.25, 0.3) is 0 Å². The van der Waals surface area contributed by atoms with Crippen LogP contribution < -0.4 is 0 Å². The lowest BCUT2D eigenvalue weighted by Crippen LogP contribution is -1.85. The molecule has 0 aromatic rings. The van der Waals surface area contributed by atoms with E-state index in [0.29, 0.717) is 0 Å². The topological polar surface area (TPSA) is 17.1 Å². The largest absolute Gasteiger partial charge is 0.327 e. The molecular weight excluding hydrogens is 107 g/mol. The van der Waals surface area contributed by atoms with E-state index in [-0.39, 0.29) is 0 Å². The van der Waals surface area contributed by atoms with Crippen molar-refractivity contribution in [3.05, 3.63) is 0 Å². The maximum Gasteiger partial charge on any atom is 0.0764 e. The molecule has 1 rings (SSSR count). The third-order valence-electron chi connectivity index (χ3n) is 1.49. The first-order valence-electron chi connectivity index (χ1n) is 2.81. The molecule has 1 heterocycles. The van der Waals surface area contributed by atoms with E-state index in [1.54, 1.807) is 0 Å². The lowest BCUT2D eigenvalue weighted by Gasteiger charge is -1.90. The van der Waals surface area contributed by atoms with E-state index in [1.807, 2.05) is 0 Å². The Morgan fingerprint density at radius 2 is 2.43 bits per heavy atom. The molecule has 1 aliphatic heterocycles. The van der Waals surface area contributed by atoms with E-state index >= 15 is 0 Å². The lowest BCUT2D eigenvalue weighted by molar-refractivity contribution is 0.589. The van der Waals surface area contributed by atoms with Crippen LogP contribution in [0.15, 0.2) is 0 Å². The van der Waals surface area contributed by atoms with Gasteiger partial charge in [0.15, 0.2) is 0 Å². The summed E-state index contributed by atoms with van der Waals surface area (Å²) < 4.78 is 10.6. The minimum atomic E-state index is -1.06. The standard InChI is InChI=1S/C5H11OP/c1-5-2-3-7(6)4-5/h5,7H,2-4H2,1H3. The molecule has 1 nitrogen and oxygen atoms in total. The van der Waals surface area contributed by atoms with Crippen LogP contribution >= 0.6 is 7.80 Å². The van der Waals surface area contributed by atoms with Crippen molar-refractivity contribution in [3.63, 3.8) is 0 Å². The van der Waals surface area contributed by atoms with Crippen LogP contribution in [-0.2, 0) is 4.57 Å². The van der Waals surface area contributed by atoms with Crippen molar-refractivity contribution in [2.24, 2.45) is 5.92 Å². The first kappa shape index (κ1) is 5.37. The first-order valence-corrected chi connectivity index (χ1v) is 4.63. The van der Waals surface area contributed by atoms with Crippen LogP contribution in [-0.4, -0.2) is 12.3 Å². The Hall–Kier alpha value is 0.230. The second-order valence-corrected chi connectivity index (χ2v) is 4.37. The zero-order valence-corrected chi connectivity index (χ0v) is 5.61. The van der Waals surface area contributed by atoms with Crippen LogP contribution in [0, 0.1) is 5.92 Å². The maximum atomic E-state index is 10.6. The smallest absolute Gasteiger partial charge is 0.0764 e. The summed E-state index contributed by atoms with van der Waals surface area (Å²) in [6.07, 6.45) is 3.24. The van der Waals surface area contributed by atoms with Gasteiger partial charge in [0, 0.05) is 6.16 Å². The van der Waals surface area contributed by atoms with E-state index in [1.165, 1.54) is 6.42 Å². The van der Waals surface area contributed by atoms with Crippen molar-refractivity contribution < 1.29 is 4.57 Å². The zero-order valence-electron chi connectivity index (χ0n) is 4.61. The van der Waals surface area contributed by atoms with E-state index in [4.69, 9.17) is 0 Å². The lowest BCUT2D eigenvalue weighted by atomic mass is 10.2. The summed E-state index contributed by atoms with van der Waals surface area (Å²) in [5.41, 5.74) is 0. The quantitative estimate of drug-likeness (QED) is 0.441. The third-order valence-corrected chi connectivity index (χ3v) is 3.49. The van der Waals surface area contributed by atoms with Crippen LogP contribution in [0.25, 0.3) is 0 Å². The van der Waals surface area contributed by atoms with E-state index in [0.717, 1.165) is 18.2 Å². The summed E-state index contributed by atoms with van der Waals surface area (Å²) in [6.45, 7) is 2.18. The van der Waals surface area contributed by atoms with Crippen LogP contribution in [0.1, 0.15) is 13.3 Å². The highest BCUT2D eigenvalue weighted by molar-refractivity contribution is 7.45. The van der Waals surface area contributed by atoms with Gasteiger partial charge < -0.3 is 4.57 Å². The molecule has 0 aliphatic carbocycles. The molecule has 1 fully saturated rings. The van der Waals surface area contributed by atoms with E-state index in [2.05, 4.69) is 6.92 Å². The Kier molecular flexibility index (Phi) is 1.53. The van der Waals surface area contributed by atoms with Gasteiger partial charge in [-0.15, -0.1) is 0 Å². The average molecular weight is 118 g/mol. The molecule has 2 atom stereocenters. The molecule has 42 valence electrons. The molecule has 7 heavy (non-hydrogen) atoms. The Bertz CT molecular complexity index is 90.1. The molecule has 0 aromatic heterocycles. The van der Waals surface area contributed by atoms with Gasteiger partial charge in [0.05, 0.1) is 7.80 Å². The van der Waals surface area contributed by atoms with Gasteiger partial charge in [0.2, 0.25) is 0 Å². The zero-order chi connectivity index (χ0) is 5.28. The molecule has 2 unspecified atom stereocenters. The van der Waals surface area contributed by atoms with Crippen molar-refractivity contribution in [1.29, 1.82) is 0 Å². The van der Waals surface area contributed by atoms with Gasteiger partial charge in [0.1, 0.15) is 0 Å². The van der Waals surface area contributed by atoms with Crippen molar-refractivity contribution in [2.75, 3.05) is 12.3 Å². The van der Waals surface area contributed by atoms with Gasteiger partial charge in [-0.2, -0.15) is 0 Å². The van der Waals surface area contributed by atoms with E-state index < -0.39 is 7.80 Å². The van der Waals surface area contributed by atoms with Crippen molar-refractivity contribution in [1.82, 2.24) is 0 Å². The number of hydrogen-bond donors (Lipinski definition) is 0. The Balaban J connectivity index is 2.40. The van der Waals surface area contributed by atoms with Crippen LogP contribution in [0.3, 0.4) is 0 Å². The van der Waals surface area contributed by atoms with Crippen LogP contribution in [0.5, 0.6) is 0 Å². The molecule has 2 heteroatoms. The fourth-order valence-electron chi connectivity index (χ4n) is 1.00. The third kappa shape index (κ3) is 1.31. The Labute approximate surface area is 44.9 Å². The fourth-order valence-corrected chi connectivity index (χ4v) is 3.00. The van der Waals surface area contributed by atoms with Gasteiger partial charge in [-0.3, -0.25) is 0 Å². The molecule has 0 spiro atoms. The summed E-state index contributed by atoms with van der Waals surface area (Å²) in [5.74, 6) is 0.756. The predicted molar refractivity (Wildman–Crippen MR) is 32.5 cm³/mol. The Morgan fingerprint density at radius 1 is 1.71 bits per heavy atom. The molecule has 1 aliphatic rings. The SMILES string of the molecule is CC1CC[PH](=O)C1. The Morgan fingerprint density at radius 3 is 2.57 bits per heavy atom. The molecular formula is C5H11OP. The molecule has 1 saturated heterocycles. The van der Waals surface area contributed by atoms with Crippen LogP contribution in [0.2, 0.25) is 0 Å². The second kappa shape index (κ2) is 2.00. The molecule has 0 N–H and O–H groups in total. The van der Waals surface area contributed by atoms with Crippen LogP contribution in [0.4, 0.5) is 0 Å². The number of rotatable bonds is 0. The summed E-state index contributed by atoms with van der Waals surface area (Å²) in [4.78, 5) is 0.